The first-order chi connectivity index (χ1) is 8.79. The highest BCUT2D eigenvalue weighted by Crippen LogP contribution is 2.27. The van der Waals surface area contributed by atoms with E-state index in [9.17, 15) is 0 Å². The van der Waals surface area contributed by atoms with Gasteiger partial charge in [-0.2, -0.15) is 0 Å². The minimum absolute atomic E-state index is 0.703. The lowest BCUT2D eigenvalue weighted by atomic mass is 10.3. The highest BCUT2D eigenvalue weighted by atomic mass is 127. The Balaban J connectivity index is 2.01. The molecule has 18 heavy (non-hydrogen) atoms. The van der Waals surface area contributed by atoms with E-state index in [1.165, 1.54) is 4.90 Å². The molecular formula is C14H14INOS. The molecule has 94 valence electrons. The van der Waals surface area contributed by atoms with Crippen LogP contribution in [0.25, 0.3) is 0 Å². The second-order valence-corrected chi connectivity index (χ2v) is 5.78. The Morgan fingerprint density at radius 1 is 1.28 bits per heavy atom. The highest BCUT2D eigenvalue weighted by molar-refractivity contribution is 14.1. The number of furan rings is 1. The predicted octanol–water partition coefficient (Wildman–Crippen LogP) is 4.77. The molecule has 0 atom stereocenters. The van der Waals surface area contributed by atoms with Crippen LogP contribution in [-0.2, 0) is 6.54 Å². The van der Waals surface area contributed by atoms with Gasteiger partial charge in [-0.3, -0.25) is 0 Å². The molecule has 0 aliphatic heterocycles. The lowest BCUT2D eigenvalue weighted by Gasteiger charge is -2.09. The molecule has 0 spiro atoms. The van der Waals surface area contributed by atoms with Gasteiger partial charge < -0.3 is 9.73 Å². The molecule has 0 bridgehead atoms. The molecule has 2 rings (SSSR count). The van der Waals surface area contributed by atoms with Crippen LogP contribution < -0.4 is 5.32 Å². The van der Waals surface area contributed by atoms with Crippen molar-refractivity contribution in [3.63, 3.8) is 0 Å². The average molecular weight is 371 g/mol. The zero-order chi connectivity index (χ0) is 12.8. The molecule has 0 saturated carbocycles. The van der Waals surface area contributed by atoms with E-state index in [1.54, 1.807) is 11.8 Å². The normalized spacial score (nSPS) is 10.3. The Morgan fingerprint density at radius 3 is 2.83 bits per heavy atom. The zero-order valence-electron chi connectivity index (χ0n) is 9.86. The van der Waals surface area contributed by atoms with E-state index in [1.807, 2.05) is 30.3 Å². The Hall–Kier alpha value is -0.880. The van der Waals surface area contributed by atoms with Crippen molar-refractivity contribution in [3.8, 4) is 0 Å². The van der Waals surface area contributed by atoms with Crippen LogP contribution in [0.1, 0.15) is 5.76 Å². The van der Waals surface area contributed by atoms with Gasteiger partial charge >= 0.3 is 0 Å². The van der Waals surface area contributed by atoms with E-state index in [0.29, 0.717) is 6.54 Å². The standard InChI is InChI=1S/C14H14INOS/c1-2-9-18-13-6-4-3-5-12(13)16-10-11-7-8-14(15)17-11/h2-8,16H,1,9-10H2. The Labute approximate surface area is 125 Å². The van der Waals surface area contributed by atoms with Gasteiger partial charge in [0.05, 0.1) is 6.54 Å². The fourth-order valence-electron chi connectivity index (χ4n) is 1.52. The number of hydrogen-bond acceptors (Lipinski definition) is 3. The number of rotatable bonds is 6. The van der Waals surface area contributed by atoms with Gasteiger partial charge in [-0.05, 0) is 46.9 Å². The molecule has 0 aliphatic carbocycles. The molecule has 0 aliphatic rings. The quantitative estimate of drug-likeness (QED) is 0.450. The molecule has 0 fully saturated rings. The van der Waals surface area contributed by atoms with Gasteiger partial charge in [0, 0.05) is 16.3 Å². The third-order valence-corrected chi connectivity index (χ3v) is 3.97. The molecule has 1 heterocycles. The summed E-state index contributed by atoms with van der Waals surface area (Å²) in [6.07, 6.45) is 1.91. The fraction of sp³-hybridized carbons (Fsp3) is 0.143. The van der Waals surface area contributed by atoms with Crippen LogP contribution in [0.3, 0.4) is 0 Å². The van der Waals surface area contributed by atoms with Crippen molar-refractivity contribution in [2.24, 2.45) is 0 Å². The van der Waals surface area contributed by atoms with Crippen molar-refractivity contribution in [2.45, 2.75) is 11.4 Å². The monoisotopic (exact) mass is 371 g/mol. The van der Waals surface area contributed by atoms with Crippen LogP contribution in [0, 0.1) is 3.77 Å². The average Bonchev–Trinajstić information content (AvgIpc) is 2.81. The van der Waals surface area contributed by atoms with Crippen molar-refractivity contribution in [2.75, 3.05) is 11.1 Å². The summed E-state index contributed by atoms with van der Waals surface area (Å²) >= 11 is 3.95. The van der Waals surface area contributed by atoms with Gasteiger partial charge in [0.15, 0.2) is 3.77 Å². The maximum Gasteiger partial charge on any atom is 0.164 e. The van der Waals surface area contributed by atoms with Crippen molar-refractivity contribution < 1.29 is 4.42 Å². The highest BCUT2D eigenvalue weighted by Gasteiger charge is 2.03. The first kappa shape index (κ1) is 13.5. The minimum Gasteiger partial charge on any atom is -0.454 e. The van der Waals surface area contributed by atoms with E-state index < -0.39 is 0 Å². The predicted molar refractivity (Wildman–Crippen MR) is 86.1 cm³/mol. The van der Waals surface area contributed by atoms with Crippen LogP contribution in [0.5, 0.6) is 0 Å². The molecule has 1 N–H and O–H groups in total. The van der Waals surface area contributed by atoms with E-state index in [0.717, 1.165) is 21.0 Å². The van der Waals surface area contributed by atoms with Crippen LogP contribution in [-0.4, -0.2) is 5.75 Å². The summed E-state index contributed by atoms with van der Waals surface area (Å²) in [7, 11) is 0. The largest absolute Gasteiger partial charge is 0.454 e. The van der Waals surface area contributed by atoms with Crippen molar-refractivity contribution in [1.29, 1.82) is 0 Å². The number of anilines is 1. The lowest BCUT2D eigenvalue weighted by molar-refractivity contribution is 0.492. The SMILES string of the molecule is C=CCSc1ccccc1NCc1ccc(I)o1. The zero-order valence-corrected chi connectivity index (χ0v) is 12.8. The summed E-state index contributed by atoms with van der Waals surface area (Å²) in [5.74, 6) is 1.86. The summed E-state index contributed by atoms with van der Waals surface area (Å²) in [5.41, 5.74) is 1.13. The van der Waals surface area contributed by atoms with Crippen molar-refractivity contribution in [1.82, 2.24) is 0 Å². The van der Waals surface area contributed by atoms with E-state index in [4.69, 9.17) is 4.42 Å². The summed E-state index contributed by atoms with van der Waals surface area (Å²) in [6, 6.07) is 12.2. The molecule has 4 heteroatoms. The number of para-hydroxylation sites is 1. The van der Waals surface area contributed by atoms with Gasteiger partial charge in [0.1, 0.15) is 5.76 Å². The Bertz CT molecular complexity index is 524. The van der Waals surface area contributed by atoms with Gasteiger partial charge in [-0.25, -0.2) is 0 Å². The topological polar surface area (TPSA) is 25.2 Å². The van der Waals surface area contributed by atoms with Gasteiger partial charge in [0.25, 0.3) is 0 Å². The Kier molecular flexibility index (Phi) is 5.19. The number of benzene rings is 1. The molecule has 0 radical (unpaired) electrons. The molecule has 0 saturated heterocycles. The first-order valence-electron chi connectivity index (χ1n) is 5.60. The number of nitrogens with one attached hydrogen (secondary N) is 1. The van der Waals surface area contributed by atoms with Gasteiger partial charge in [-0.1, -0.05) is 18.2 Å². The van der Waals surface area contributed by atoms with Crippen LogP contribution in [0.15, 0.2) is 58.4 Å². The number of hydrogen-bond donors (Lipinski definition) is 1. The maximum absolute atomic E-state index is 5.53. The molecule has 1 aromatic carbocycles. The first-order valence-corrected chi connectivity index (χ1v) is 7.67. The second kappa shape index (κ2) is 6.89. The molecule has 2 nitrogen and oxygen atoms in total. The molecule has 0 unspecified atom stereocenters. The van der Waals surface area contributed by atoms with Crippen LogP contribution >= 0.6 is 34.4 Å². The summed E-state index contributed by atoms with van der Waals surface area (Å²) in [6.45, 7) is 4.45. The lowest BCUT2D eigenvalue weighted by Crippen LogP contribution is -1.99. The summed E-state index contributed by atoms with van der Waals surface area (Å²) < 4.78 is 6.44. The van der Waals surface area contributed by atoms with Gasteiger partial charge in [-0.15, -0.1) is 18.3 Å². The minimum atomic E-state index is 0.703. The van der Waals surface area contributed by atoms with E-state index in [2.05, 4.69) is 46.6 Å². The maximum atomic E-state index is 5.53. The smallest absolute Gasteiger partial charge is 0.164 e. The van der Waals surface area contributed by atoms with Crippen LogP contribution in [0.4, 0.5) is 5.69 Å². The summed E-state index contributed by atoms with van der Waals surface area (Å²) in [4.78, 5) is 1.23. The Morgan fingerprint density at radius 2 is 2.11 bits per heavy atom. The third-order valence-electron chi connectivity index (χ3n) is 2.33. The van der Waals surface area contributed by atoms with Gasteiger partial charge in [0.2, 0.25) is 0 Å². The molecule has 2 aromatic rings. The third kappa shape index (κ3) is 3.81. The van der Waals surface area contributed by atoms with Crippen molar-refractivity contribution >= 4 is 40.0 Å². The van der Waals surface area contributed by atoms with Crippen molar-refractivity contribution in [3.05, 3.63) is 58.6 Å². The molecule has 0 amide bonds. The van der Waals surface area contributed by atoms with E-state index >= 15 is 0 Å². The molecular weight excluding hydrogens is 357 g/mol. The number of halogens is 1. The second-order valence-electron chi connectivity index (χ2n) is 3.66. The van der Waals surface area contributed by atoms with E-state index in [-0.39, 0.29) is 0 Å². The fourth-order valence-corrected chi connectivity index (χ4v) is 2.75. The summed E-state index contributed by atoms with van der Waals surface area (Å²) in [5, 5.41) is 3.40. The van der Waals surface area contributed by atoms with Crippen LogP contribution in [0.2, 0.25) is 0 Å². The number of thioether (sulfide) groups is 1. The molecule has 1 aromatic heterocycles.